The molecule has 1 aromatic rings. The van der Waals surface area contributed by atoms with Gasteiger partial charge in [0.1, 0.15) is 0 Å². The first kappa shape index (κ1) is 14.5. The largest absolute Gasteiger partial charge is 0.375 e. The van der Waals surface area contributed by atoms with Gasteiger partial charge >= 0.3 is 0 Å². The lowest BCUT2D eigenvalue weighted by Crippen LogP contribution is -2.48. The Morgan fingerprint density at radius 1 is 1.45 bits per heavy atom. The van der Waals surface area contributed by atoms with Gasteiger partial charge < -0.3 is 4.74 Å². The van der Waals surface area contributed by atoms with Crippen molar-refractivity contribution in [2.75, 3.05) is 6.61 Å². The van der Waals surface area contributed by atoms with Gasteiger partial charge in [0.15, 0.2) is 0 Å². The summed E-state index contributed by atoms with van der Waals surface area (Å²) in [6, 6.07) is 6.68. The van der Waals surface area contributed by atoms with Gasteiger partial charge in [-0.05, 0) is 68.2 Å². The minimum absolute atomic E-state index is 0.168. The second-order valence-electron chi connectivity index (χ2n) is 6.28. The van der Waals surface area contributed by atoms with Crippen LogP contribution in [0, 0.1) is 12.8 Å². The maximum atomic E-state index is 6.04. The normalized spacial score (nSPS) is 26.2. The molecule has 1 heterocycles. The van der Waals surface area contributed by atoms with Gasteiger partial charge in [-0.1, -0.05) is 22.0 Å². The Labute approximate surface area is 129 Å². The Hall–Kier alpha value is -0.420. The average molecular weight is 339 g/mol. The zero-order valence-electron chi connectivity index (χ0n) is 12.0. The Morgan fingerprint density at radius 2 is 2.25 bits per heavy atom. The maximum Gasteiger partial charge on any atom is 0.0686 e. The molecule has 2 unspecified atom stereocenters. The molecular formula is C16H23BrN2O. The summed E-state index contributed by atoms with van der Waals surface area (Å²) in [5, 5.41) is 0. The first-order valence-electron chi connectivity index (χ1n) is 7.50. The fraction of sp³-hybridized carbons (Fsp3) is 0.625. The molecular weight excluding hydrogens is 316 g/mol. The van der Waals surface area contributed by atoms with Gasteiger partial charge in [0.2, 0.25) is 0 Å². The van der Waals surface area contributed by atoms with E-state index >= 15 is 0 Å². The van der Waals surface area contributed by atoms with E-state index in [1.54, 1.807) is 0 Å². The van der Waals surface area contributed by atoms with E-state index in [0.29, 0.717) is 5.92 Å². The van der Waals surface area contributed by atoms with E-state index in [4.69, 9.17) is 10.6 Å². The second-order valence-corrected chi connectivity index (χ2v) is 7.20. The highest BCUT2D eigenvalue weighted by atomic mass is 79.9. The monoisotopic (exact) mass is 338 g/mol. The molecule has 0 amide bonds. The highest BCUT2D eigenvalue weighted by Gasteiger charge is 2.44. The van der Waals surface area contributed by atoms with Gasteiger partial charge in [-0.25, -0.2) is 0 Å². The molecule has 3 N–H and O–H groups in total. The van der Waals surface area contributed by atoms with Crippen LogP contribution in [0.1, 0.15) is 49.3 Å². The van der Waals surface area contributed by atoms with Gasteiger partial charge in [-0.15, -0.1) is 0 Å². The summed E-state index contributed by atoms with van der Waals surface area (Å²) in [6.45, 7) is 3.03. The SMILES string of the molecule is Cc1cc(Br)ccc1C(NN)C1CCOC2(CCC2)C1. The zero-order chi connectivity index (χ0) is 14.2. The number of benzene rings is 1. The molecule has 2 fully saturated rings. The molecule has 2 atom stereocenters. The number of hydrazine groups is 1. The van der Waals surface area contributed by atoms with E-state index in [1.807, 2.05) is 0 Å². The number of halogens is 1. The summed E-state index contributed by atoms with van der Waals surface area (Å²) < 4.78 is 7.16. The molecule has 1 saturated carbocycles. The molecule has 1 aliphatic heterocycles. The lowest BCUT2D eigenvalue weighted by Gasteiger charge is -2.48. The summed E-state index contributed by atoms with van der Waals surface area (Å²) in [5.74, 6) is 6.45. The molecule has 4 heteroatoms. The highest BCUT2D eigenvalue weighted by molar-refractivity contribution is 9.10. The number of hydrogen-bond acceptors (Lipinski definition) is 3. The summed E-state index contributed by atoms with van der Waals surface area (Å²) in [5.41, 5.74) is 5.84. The standard InChI is InChI=1S/C16H23BrN2O/c1-11-9-13(17)3-4-14(11)15(19-18)12-5-8-20-16(10-12)6-2-7-16/h3-4,9,12,15,19H,2,5-8,10,18H2,1H3. The predicted molar refractivity (Wildman–Crippen MR) is 84.2 cm³/mol. The van der Waals surface area contributed by atoms with E-state index in [2.05, 4.69) is 46.5 Å². The molecule has 2 aliphatic rings. The number of aryl methyl sites for hydroxylation is 1. The highest BCUT2D eigenvalue weighted by Crippen LogP contribution is 2.47. The molecule has 3 rings (SSSR count). The van der Waals surface area contributed by atoms with Crippen LogP contribution in [-0.4, -0.2) is 12.2 Å². The van der Waals surface area contributed by atoms with Gasteiger partial charge in [0.25, 0.3) is 0 Å². The maximum absolute atomic E-state index is 6.04. The van der Waals surface area contributed by atoms with Crippen LogP contribution >= 0.6 is 15.9 Å². The molecule has 1 aromatic carbocycles. The minimum atomic E-state index is 0.168. The number of nitrogens with one attached hydrogen (secondary N) is 1. The molecule has 3 nitrogen and oxygen atoms in total. The average Bonchev–Trinajstić information content (AvgIpc) is 2.40. The summed E-state index contributed by atoms with van der Waals surface area (Å²) in [6.07, 6.45) is 5.98. The lowest BCUT2D eigenvalue weighted by molar-refractivity contribution is -0.147. The van der Waals surface area contributed by atoms with Crippen molar-refractivity contribution in [2.24, 2.45) is 11.8 Å². The van der Waals surface area contributed by atoms with Crippen molar-refractivity contribution in [3.63, 3.8) is 0 Å². The van der Waals surface area contributed by atoms with Crippen molar-refractivity contribution in [1.82, 2.24) is 5.43 Å². The summed E-state index contributed by atoms with van der Waals surface area (Å²) in [7, 11) is 0. The van der Waals surface area contributed by atoms with Gasteiger partial charge in [0, 0.05) is 17.1 Å². The molecule has 0 aromatic heterocycles. The van der Waals surface area contributed by atoms with Crippen molar-refractivity contribution >= 4 is 15.9 Å². The minimum Gasteiger partial charge on any atom is -0.375 e. The number of ether oxygens (including phenoxy) is 1. The van der Waals surface area contributed by atoms with Crippen LogP contribution < -0.4 is 11.3 Å². The van der Waals surface area contributed by atoms with Crippen molar-refractivity contribution in [3.05, 3.63) is 33.8 Å². The number of nitrogens with two attached hydrogens (primary N) is 1. The fourth-order valence-corrected chi connectivity index (χ4v) is 4.21. The van der Waals surface area contributed by atoms with E-state index in [0.717, 1.165) is 23.9 Å². The van der Waals surface area contributed by atoms with E-state index < -0.39 is 0 Å². The van der Waals surface area contributed by atoms with Crippen molar-refractivity contribution in [1.29, 1.82) is 0 Å². The molecule has 20 heavy (non-hydrogen) atoms. The first-order chi connectivity index (χ1) is 9.63. The van der Waals surface area contributed by atoms with E-state index in [-0.39, 0.29) is 11.6 Å². The second kappa shape index (κ2) is 5.76. The van der Waals surface area contributed by atoms with Gasteiger partial charge in [0.05, 0.1) is 5.60 Å². The Bertz CT molecular complexity index is 487. The molecule has 110 valence electrons. The Balaban J connectivity index is 1.81. The zero-order valence-corrected chi connectivity index (χ0v) is 13.6. The molecule has 1 saturated heterocycles. The molecule has 0 radical (unpaired) electrons. The van der Waals surface area contributed by atoms with Crippen molar-refractivity contribution < 1.29 is 4.74 Å². The van der Waals surface area contributed by atoms with Crippen LogP contribution in [0.4, 0.5) is 0 Å². The predicted octanol–water partition coefficient (Wildman–Crippen LogP) is 3.61. The van der Waals surface area contributed by atoms with Crippen LogP contribution in [-0.2, 0) is 4.74 Å². The lowest BCUT2D eigenvalue weighted by atomic mass is 9.69. The summed E-state index contributed by atoms with van der Waals surface area (Å²) >= 11 is 3.53. The van der Waals surface area contributed by atoms with Crippen LogP contribution in [0.3, 0.4) is 0 Å². The molecule has 0 bridgehead atoms. The van der Waals surface area contributed by atoms with Crippen LogP contribution in [0.15, 0.2) is 22.7 Å². The van der Waals surface area contributed by atoms with Crippen molar-refractivity contribution in [3.8, 4) is 0 Å². The number of hydrogen-bond donors (Lipinski definition) is 2. The number of rotatable bonds is 3. The third-order valence-electron chi connectivity index (χ3n) is 5.01. The third kappa shape index (κ3) is 2.67. The first-order valence-corrected chi connectivity index (χ1v) is 8.29. The summed E-state index contributed by atoms with van der Waals surface area (Å²) in [4.78, 5) is 0. The van der Waals surface area contributed by atoms with Crippen LogP contribution in [0.25, 0.3) is 0 Å². The Morgan fingerprint density at radius 3 is 2.85 bits per heavy atom. The Kier molecular flexibility index (Phi) is 4.18. The quantitative estimate of drug-likeness (QED) is 0.653. The topological polar surface area (TPSA) is 47.3 Å². The van der Waals surface area contributed by atoms with Crippen molar-refractivity contribution in [2.45, 2.75) is 50.7 Å². The van der Waals surface area contributed by atoms with Gasteiger partial charge in [-0.3, -0.25) is 11.3 Å². The molecule has 1 aliphatic carbocycles. The van der Waals surface area contributed by atoms with Crippen LogP contribution in [0.5, 0.6) is 0 Å². The smallest absolute Gasteiger partial charge is 0.0686 e. The van der Waals surface area contributed by atoms with Gasteiger partial charge in [-0.2, -0.15) is 0 Å². The van der Waals surface area contributed by atoms with E-state index in [1.165, 1.54) is 30.4 Å². The molecule has 1 spiro atoms. The third-order valence-corrected chi connectivity index (χ3v) is 5.51. The van der Waals surface area contributed by atoms with Crippen LogP contribution in [0.2, 0.25) is 0 Å². The van der Waals surface area contributed by atoms with E-state index in [9.17, 15) is 0 Å². The fourth-order valence-electron chi connectivity index (χ4n) is 3.74.